The lowest BCUT2D eigenvalue weighted by atomic mass is 10.2. The summed E-state index contributed by atoms with van der Waals surface area (Å²) in [6.07, 6.45) is 7.28. The number of aromatic nitrogens is 2. The lowest BCUT2D eigenvalue weighted by Crippen LogP contribution is -2.47. The van der Waals surface area contributed by atoms with E-state index in [1.165, 1.54) is 19.2 Å². The molecular formula is C22H25N5O3S. The predicted molar refractivity (Wildman–Crippen MR) is 119 cm³/mol. The number of fused-ring (bicyclic) bond motifs is 1. The van der Waals surface area contributed by atoms with Gasteiger partial charge in [0.2, 0.25) is 15.9 Å². The number of sulfonamides is 1. The van der Waals surface area contributed by atoms with Crippen molar-refractivity contribution in [2.24, 2.45) is 0 Å². The average Bonchev–Trinajstić information content (AvgIpc) is 3.20. The SMILES string of the molecule is CNS(=O)(=O)c1ccc(/C=C/C(=O)N2CCN(Cc3cn4ccccc4n3)CC2)cc1. The lowest BCUT2D eigenvalue weighted by Gasteiger charge is -2.33. The molecule has 4 rings (SSSR count). The molecule has 8 nitrogen and oxygen atoms in total. The molecule has 0 unspecified atom stereocenters. The third-order valence-corrected chi connectivity index (χ3v) is 6.79. The molecule has 31 heavy (non-hydrogen) atoms. The number of carbonyl (C=O) groups is 1. The second kappa shape index (κ2) is 9.01. The molecule has 1 aliphatic heterocycles. The van der Waals surface area contributed by atoms with E-state index >= 15 is 0 Å². The highest BCUT2D eigenvalue weighted by Gasteiger charge is 2.20. The van der Waals surface area contributed by atoms with Crippen molar-refractivity contribution >= 4 is 27.7 Å². The van der Waals surface area contributed by atoms with Crippen LogP contribution < -0.4 is 4.72 Å². The molecule has 162 valence electrons. The molecule has 0 spiro atoms. The molecule has 3 heterocycles. The molecule has 0 bridgehead atoms. The van der Waals surface area contributed by atoms with E-state index in [0.717, 1.165) is 36.5 Å². The molecule has 9 heteroatoms. The molecule has 1 aliphatic rings. The Labute approximate surface area is 181 Å². The third-order valence-electron chi connectivity index (χ3n) is 5.36. The maximum Gasteiger partial charge on any atom is 0.246 e. The molecule has 1 saturated heterocycles. The Morgan fingerprint density at radius 3 is 2.52 bits per heavy atom. The van der Waals surface area contributed by atoms with Gasteiger partial charge >= 0.3 is 0 Å². The van der Waals surface area contributed by atoms with E-state index < -0.39 is 10.0 Å². The first-order valence-electron chi connectivity index (χ1n) is 10.1. The standard InChI is InChI=1S/C22H25N5O3S/c1-23-31(29,30)20-8-5-18(6-9-20)7-10-22(28)26-14-12-25(13-15-26)16-19-17-27-11-3-2-4-21(27)24-19/h2-11,17,23H,12-16H2,1H3/b10-7+. The van der Waals surface area contributed by atoms with Gasteiger partial charge in [-0.1, -0.05) is 18.2 Å². The molecule has 1 amide bonds. The maximum absolute atomic E-state index is 12.5. The largest absolute Gasteiger partial charge is 0.337 e. The van der Waals surface area contributed by atoms with Gasteiger partial charge in [0.05, 0.1) is 10.6 Å². The Hall–Kier alpha value is -3.01. The number of nitrogens with zero attached hydrogens (tertiary/aromatic N) is 4. The van der Waals surface area contributed by atoms with Crippen LogP contribution in [-0.2, 0) is 21.4 Å². The number of nitrogens with one attached hydrogen (secondary N) is 1. The Kier molecular flexibility index (Phi) is 6.17. The summed E-state index contributed by atoms with van der Waals surface area (Å²) in [4.78, 5) is 21.5. The summed E-state index contributed by atoms with van der Waals surface area (Å²) in [5, 5.41) is 0. The number of hydrogen-bond acceptors (Lipinski definition) is 5. The monoisotopic (exact) mass is 439 g/mol. The summed E-state index contributed by atoms with van der Waals surface area (Å²) in [5.41, 5.74) is 2.73. The van der Waals surface area contributed by atoms with Gasteiger partial charge in [0, 0.05) is 51.2 Å². The van der Waals surface area contributed by atoms with Gasteiger partial charge in [-0.3, -0.25) is 9.69 Å². The van der Waals surface area contributed by atoms with Crippen LogP contribution >= 0.6 is 0 Å². The number of pyridine rings is 1. The lowest BCUT2D eigenvalue weighted by molar-refractivity contribution is -0.127. The fourth-order valence-corrected chi connectivity index (χ4v) is 4.30. The van der Waals surface area contributed by atoms with Gasteiger partial charge in [0.1, 0.15) is 5.65 Å². The van der Waals surface area contributed by atoms with Gasteiger partial charge in [-0.25, -0.2) is 18.1 Å². The van der Waals surface area contributed by atoms with Crippen molar-refractivity contribution in [3.8, 4) is 0 Å². The number of imidazole rings is 1. The molecule has 0 saturated carbocycles. The molecule has 2 aromatic heterocycles. The van der Waals surface area contributed by atoms with Crippen LogP contribution in [0.15, 0.2) is 65.8 Å². The van der Waals surface area contributed by atoms with Crippen molar-refractivity contribution in [2.45, 2.75) is 11.4 Å². The van der Waals surface area contributed by atoms with Crippen molar-refractivity contribution in [1.29, 1.82) is 0 Å². The van der Waals surface area contributed by atoms with Crippen LogP contribution in [-0.4, -0.2) is 66.7 Å². The summed E-state index contributed by atoms with van der Waals surface area (Å²) in [5.74, 6) is -0.0423. The van der Waals surface area contributed by atoms with Crippen LogP contribution in [0.4, 0.5) is 0 Å². The van der Waals surface area contributed by atoms with Gasteiger partial charge in [-0.05, 0) is 43.0 Å². The molecule has 0 aliphatic carbocycles. The van der Waals surface area contributed by atoms with Crippen LogP contribution in [0.1, 0.15) is 11.3 Å². The molecule has 0 radical (unpaired) electrons. The minimum atomic E-state index is -3.46. The Morgan fingerprint density at radius 2 is 1.84 bits per heavy atom. The average molecular weight is 440 g/mol. The normalized spacial score (nSPS) is 15.7. The first kappa shape index (κ1) is 21.2. The first-order chi connectivity index (χ1) is 14.9. The van der Waals surface area contributed by atoms with E-state index in [9.17, 15) is 13.2 Å². The zero-order valence-corrected chi connectivity index (χ0v) is 18.1. The van der Waals surface area contributed by atoms with E-state index in [1.807, 2.05) is 39.9 Å². The van der Waals surface area contributed by atoms with E-state index in [2.05, 4.69) is 14.6 Å². The smallest absolute Gasteiger partial charge is 0.246 e. The number of piperazine rings is 1. The number of carbonyl (C=O) groups excluding carboxylic acids is 1. The fraction of sp³-hybridized carbons (Fsp3) is 0.273. The molecule has 1 N–H and O–H groups in total. The van der Waals surface area contributed by atoms with Gasteiger partial charge < -0.3 is 9.30 Å². The topological polar surface area (TPSA) is 87.0 Å². The van der Waals surface area contributed by atoms with Crippen LogP contribution in [0, 0.1) is 0 Å². The fourth-order valence-electron chi connectivity index (χ4n) is 3.57. The second-order valence-corrected chi connectivity index (χ2v) is 9.30. The van der Waals surface area contributed by atoms with Crippen LogP contribution in [0.5, 0.6) is 0 Å². The summed E-state index contributed by atoms with van der Waals surface area (Å²) < 4.78 is 27.8. The van der Waals surface area contributed by atoms with Crippen LogP contribution in [0.3, 0.4) is 0 Å². The molecule has 1 aromatic carbocycles. The van der Waals surface area contributed by atoms with Crippen molar-refractivity contribution in [3.05, 3.63) is 72.2 Å². The minimum Gasteiger partial charge on any atom is -0.337 e. The van der Waals surface area contributed by atoms with E-state index in [4.69, 9.17) is 0 Å². The summed E-state index contributed by atoms with van der Waals surface area (Å²) >= 11 is 0. The van der Waals surface area contributed by atoms with Gasteiger partial charge in [-0.2, -0.15) is 0 Å². The molecular weight excluding hydrogens is 414 g/mol. The Balaban J connectivity index is 1.29. The van der Waals surface area contributed by atoms with Crippen molar-refractivity contribution in [3.63, 3.8) is 0 Å². The Bertz CT molecular complexity index is 1160. The van der Waals surface area contributed by atoms with Gasteiger partial charge in [0.25, 0.3) is 0 Å². The minimum absolute atomic E-state index is 0.0423. The highest BCUT2D eigenvalue weighted by atomic mass is 32.2. The van der Waals surface area contributed by atoms with E-state index in [0.29, 0.717) is 13.1 Å². The first-order valence-corrected chi connectivity index (χ1v) is 11.6. The van der Waals surface area contributed by atoms with Gasteiger partial charge in [-0.15, -0.1) is 0 Å². The van der Waals surface area contributed by atoms with Gasteiger partial charge in [0.15, 0.2) is 0 Å². The van der Waals surface area contributed by atoms with Crippen molar-refractivity contribution in [1.82, 2.24) is 23.9 Å². The van der Waals surface area contributed by atoms with Crippen LogP contribution in [0.25, 0.3) is 11.7 Å². The second-order valence-electron chi connectivity index (χ2n) is 7.41. The highest BCUT2D eigenvalue weighted by molar-refractivity contribution is 7.89. The molecule has 1 fully saturated rings. The summed E-state index contributed by atoms with van der Waals surface area (Å²) in [6, 6.07) is 12.3. The van der Waals surface area contributed by atoms with Crippen molar-refractivity contribution < 1.29 is 13.2 Å². The van der Waals surface area contributed by atoms with Crippen LogP contribution in [0.2, 0.25) is 0 Å². The van der Waals surface area contributed by atoms with E-state index in [-0.39, 0.29) is 10.8 Å². The molecule has 0 atom stereocenters. The number of hydrogen-bond donors (Lipinski definition) is 1. The zero-order chi connectivity index (χ0) is 21.8. The summed E-state index contributed by atoms with van der Waals surface area (Å²) in [7, 11) is -2.08. The number of benzene rings is 1. The highest BCUT2D eigenvalue weighted by Crippen LogP contribution is 2.13. The van der Waals surface area contributed by atoms with E-state index in [1.54, 1.807) is 24.3 Å². The van der Waals surface area contributed by atoms with Crippen molar-refractivity contribution in [2.75, 3.05) is 33.2 Å². The molecule has 3 aromatic rings. The Morgan fingerprint density at radius 1 is 1.10 bits per heavy atom. The summed E-state index contributed by atoms with van der Waals surface area (Å²) in [6.45, 7) is 3.68. The third kappa shape index (κ3) is 5.01. The zero-order valence-electron chi connectivity index (χ0n) is 17.3. The maximum atomic E-state index is 12.5. The predicted octanol–water partition coefficient (Wildman–Crippen LogP) is 1.60. The number of rotatable bonds is 6. The number of amides is 1. The quantitative estimate of drug-likeness (QED) is 0.590.